The van der Waals surface area contributed by atoms with Gasteiger partial charge in [0.25, 0.3) is 10.9 Å². The molecule has 1 aromatic carbocycles. The molecule has 25 heavy (non-hydrogen) atoms. The Labute approximate surface area is 147 Å². The summed E-state index contributed by atoms with van der Waals surface area (Å²) in [4.78, 5) is 29.7. The maximum absolute atomic E-state index is 12.3. The number of aromatic nitrogens is 2. The zero-order valence-corrected chi connectivity index (χ0v) is 14.6. The maximum Gasteiger partial charge on any atom is 0.373 e. The molecule has 2 heterocycles. The molecule has 8 nitrogen and oxygen atoms in total. The van der Waals surface area contributed by atoms with Crippen LogP contribution in [0.2, 0.25) is 0 Å². The zero-order chi connectivity index (χ0) is 18.0. The second-order valence-corrected chi connectivity index (χ2v) is 6.15. The van der Waals surface area contributed by atoms with Gasteiger partial charge < -0.3 is 20.3 Å². The van der Waals surface area contributed by atoms with E-state index in [9.17, 15) is 14.9 Å². The van der Waals surface area contributed by atoms with Gasteiger partial charge in [0.1, 0.15) is 6.20 Å². The molecule has 0 unspecified atom stereocenters. The Kier molecular flexibility index (Phi) is 4.66. The number of imidazole rings is 1. The van der Waals surface area contributed by atoms with Crippen molar-refractivity contribution in [2.45, 2.75) is 13.8 Å². The summed E-state index contributed by atoms with van der Waals surface area (Å²) in [6, 6.07) is 6.84. The second kappa shape index (κ2) is 6.89. The van der Waals surface area contributed by atoms with Crippen molar-refractivity contribution in [1.29, 1.82) is 0 Å². The Bertz CT molecular complexity index is 912. The van der Waals surface area contributed by atoms with Gasteiger partial charge in [-0.1, -0.05) is 11.3 Å². The highest BCUT2D eigenvalue weighted by molar-refractivity contribution is 7.15. The van der Waals surface area contributed by atoms with E-state index in [0.717, 1.165) is 0 Å². The number of thiazole rings is 1. The average Bonchev–Trinajstić information content (AvgIpc) is 3.16. The van der Waals surface area contributed by atoms with Crippen LogP contribution in [0.4, 0.5) is 17.3 Å². The molecule has 0 saturated heterocycles. The SMILES string of the molecule is CCN(CC)C(=O)c1ccc(Nc2nc3sccn3c2[N+](=O)[O-])cc1. The Balaban J connectivity index is 1.85. The van der Waals surface area contributed by atoms with Gasteiger partial charge in [-0.25, -0.2) is 0 Å². The lowest BCUT2D eigenvalue weighted by Crippen LogP contribution is -2.30. The molecule has 0 spiro atoms. The Hall–Kier alpha value is -2.94. The first-order valence-corrected chi connectivity index (χ1v) is 8.69. The molecular formula is C16H17N5O3S. The smallest absolute Gasteiger partial charge is 0.358 e. The topological polar surface area (TPSA) is 92.8 Å². The van der Waals surface area contributed by atoms with Gasteiger partial charge in [-0.2, -0.15) is 9.38 Å². The van der Waals surface area contributed by atoms with Gasteiger partial charge in [0, 0.05) is 29.7 Å². The van der Waals surface area contributed by atoms with Crippen LogP contribution in [-0.4, -0.2) is 38.2 Å². The number of nitrogens with one attached hydrogen (secondary N) is 1. The average molecular weight is 359 g/mol. The van der Waals surface area contributed by atoms with E-state index in [1.54, 1.807) is 40.7 Å². The standard InChI is InChI=1S/C16H17N5O3S/c1-3-19(4-2)15(22)11-5-7-12(8-6-11)17-13-14(21(23)24)20-9-10-25-16(20)18-13/h5-10,17H,3-4H2,1-2H3. The molecule has 9 heteroatoms. The highest BCUT2D eigenvalue weighted by Gasteiger charge is 2.23. The van der Waals surface area contributed by atoms with Crippen molar-refractivity contribution in [3.8, 4) is 0 Å². The molecule has 0 atom stereocenters. The predicted octanol–water partition coefficient (Wildman–Crippen LogP) is 3.53. The normalized spacial score (nSPS) is 10.8. The molecule has 0 fully saturated rings. The zero-order valence-electron chi connectivity index (χ0n) is 13.8. The summed E-state index contributed by atoms with van der Waals surface area (Å²) >= 11 is 1.32. The fourth-order valence-electron chi connectivity index (χ4n) is 2.56. The van der Waals surface area contributed by atoms with E-state index in [-0.39, 0.29) is 17.5 Å². The van der Waals surface area contributed by atoms with Crippen LogP contribution in [0.25, 0.3) is 4.96 Å². The molecule has 2 aromatic heterocycles. The lowest BCUT2D eigenvalue weighted by atomic mass is 10.2. The number of hydrogen-bond donors (Lipinski definition) is 1. The number of fused-ring (bicyclic) bond motifs is 1. The van der Waals surface area contributed by atoms with Crippen LogP contribution in [0.15, 0.2) is 35.8 Å². The minimum atomic E-state index is -0.465. The molecular weight excluding hydrogens is 342 g/mol. The van der Waals surface area contributed by atoms with E-state index in [1.165, 1.54) is 15.7 Å². The Morgan fingerprint density at radius 2 is 2.00 bits per heavy atom. The highest BCUT2D eigenvalue weighted by Crippen LogP contribution is 2.30. The molecule has 1 amide bonds. The monoisotopic (exact) mass is 359 g/mol. The lowest BCUT2D eigenvalue weighted by molar-refractivity contribution is -0.389. The number of carbonyl (C=O) groups excluding carboxylic acids is 1. The van der Waals surface area contributed by atoms with Crippen molar-refractivity contribution in [2.24, 2.45) is 0 Å². The van der Waals surface area contributed by atoms with Crippen LogP contribution in [0.3, 0.4) is 0 Å². The number of carbonyl (C=O) groups is 1. The van der Waals surface area contributed by atoms with E-state index in [2.05, 4.69) is 10.3 Å². The highest BCUT2D eigenvalue weighted by atomic mass is 32.1. The fraction of sp³-hybridized carbons (Fsp3) is 0.250. The molecule has 0 aliphatic heterocycles. The maximum atomic E-state index is 12.3. The minimum Gasteiger partial charge on any atom is -0.358 e. The van der Waals surface area contributed by atoms with Crippen LogP contribution in [0.1, 0.15) is 24.2 Å². The first-order chi connectivity index (χ1) is 12.0. The first kappa shape index (κ1) is 16.9. The molecule has 130 valence electrons. The fourth-order valence-corrected chi connectivity index (χ4v) is 3.27. The summed E-state index contributed by atoms with van der Waals surface area (Å²) in [6.45, 7) is 5.15. The lowest BCUT2D eigenvalue weighted by Gasteiger charge is -2.18. The first-order valence-electron chi connectivity index (χ1n) is 7.81. The number of hydrogen-bond acceptors (Lipinski definition) is 6. The van der Waals surface area contributed by atoms with E-state index < -0.39 is 4.92 Å². The predicted molar refractivity (Wildman–Crippen MR) is 96.7 cm³/mol. The van der Waals surface area contributed by atoms with E-state index in [0.29, 0.717) is 29.3 Å². The van der Waals surface area contributed by atoms with Gasteiger partial charge in [-0.05, 0) is 43.0 Å². The Morgan fingerprint density at radius 1 is 1.32 bits per heavy atom. The third-order valence-corrected chi connectivity index (χ3v) is 4.61. The van der Waals surface area contributed by atoms with Crippen LogP contribution in [-0.2, 0) is 0 Å². The third kappa shape index (κ3) is 3.18. The van der Waals surface area contributed by atoms with E-state index in [4.69, 9.17) is 0 Å². The van der Waals surface area contributed by atoms with Gasteiger partial charge in [-0.3, -0.25) is 4.79 Å². The van der Waals surface area contributed by atoms with Crippen molar-refractivity contribution in [1.82, 2.24) is 14.3 Å². The number of rotatable bonds is 6. The number of nitrogens with zero attached hydrogens (tertiary/aromatic N) is 4. The van der Waals surface area contributed by atoms with E-state index in [1.807, 2.05) is 13.8 Å². The van der Waals surface area contributed by atoms with Crippen molar-refractivity contribution < 1.29 is 9.72 Å². The number of anilines is 2. The molecule has 1 N–H and O–H groups in total. The summed E-state index contributed by atoms with van der Waals surface area (Å²) < 4.78 is 1.44. The van der Waals surface area contributed by atoms with Gasteiger partial charge in [0.15, 0.2) is 0 Å². The van der Waals surface area contributed by atoms with Gasteiger partial charge in [0.2, 0.25) is 5.82 Å². The molecule has 3 rings (SSSR count). The van der Waals surface area contributed by atoms with Crippen LogP contribution in [0.5, 0.6) is 0 Å². The minimum absolute atomic E-state index is 0.0370. The molecule has 0 saturated carbocycles. The van der Waals surface area contributed by atoms with E-state index >= 15 is 0 Å². The van der Waals surface area contributed by atoms with Gasteiger partial charge >= 0.3 is 5.82 Å². The number of amides is 1. The van der Waals surface area contributed by atoms with Gasteiger partial charge in [0.05, 0.1) is 0 Å². The Morgan fingerprint density at radius 3 is 2.60 bits per heavy atom. The van der Waals surface area contributed by atoms with Crippen molar-refractivity contribution in [3.05, 3.63) is 51.5 Å². The summed E-state index contributed by atoms with van der Waals surface area (Å²) in [6.07, 6.45) is 1.61. The summed E-state index contributed by atoms with van der Waals surface area (Å²) in [7, 11) is 0. The number of benzene rings is 1. The molecule has 0 aliphatic carbocycles. The summed E-state index contributed by atoms with van der Waals surface area (Å²) in [5.74, 6) is 0.0317. The van der Waals surface area contributed by atoms with Crippen LogP contribution >= 0.6 is 11.3 Å². The van der Waals surface area contributed by atoms with Crippen LogP contribution < -0.4 is 5.32 Å². The van der Waals surface area contributed by atoms with Crippen molar-refractivity contribution in [2.75, 3.05) is 18.4 Å². The van der Waals surface area contributed by atoms with Crippen LogP contribution in [0, 0.1) is 10.1 Å². The summed E-state index contributed by atoms with van der Waals surface area (Å²) in [5.41, 5.74) is 1.21. The molecule has 3 aromatic rings. The molecule has 0 bridgehead atoms. The summed E-state index contributed by atoms with van der Waals surface area (Å²) in [5, 5.41) is 16.0. The molecule has 0 radical (unpaired) electrons. The van der Waals surface area contributed by atoms with Crippen molar-refractivity contribution >= 4 is 39.5 Å². The van der Waals surface area contributed by atoms with Gasteiger partial charge in [-0.15, -0.1) is 0 Å². The second-order valence-electron chi connectivity index (χ2n) is 5.28. The largest absolute Gasteiger partial charge is 0.373 e. The number of nitro groups is 1. The van der Waals surface area contributed by atoms with Crippen molar-refractivity contribution in [3.63, 3.8) is 0 Å². The third-order valence-electron chi connectivity index (χ3n) is 3.86. The quantitative estimate of drug-likeness (QED) is 0.537. The molecule has 0 aliphatic rings.